The molecule has 0 aliphatic carbocycles. The van der Waals surface area contributed by atoms with Gasteiger partial charge in [-0.05, 0) is 29.5 Å². The number of ether oxygens (including phenoxy) is 3. The summed E-state index contributed by atoms with van der Waals surface area (Å²) < 4.78 is 56.5. The number of nitrogens with zero attached hydrogens (tertiary/aromatic N) is 6. The number of nitrogens with one attached hydrogen (secondary N) is 1. The molecule has 2 amide bonds. The van der Waals surface area contributed by atoms with Gasteiger partial charge in [0.05, 0.1) is 37.6 Å². The largest absolute Gasteiger partial charge is 0.439 e. The lowest BCUT2D eigenvalue weighted by Gasteiger charge is -2.22. The Morgan fingerprint density at radius 1 is 1.36 bits per heavy atom. The van der Waals surface area contributed by atoms with E-state index < -0.39 is 36.1 Å². The summed E-state index contributed by atoms with van der Waals surface area (Å²) in [5.74, 6) is -0.773. The topological polar surface area (TPSA) is 134 Å². The lowest BCUT2D eigenvalue weighted by Crippen LogP contribution is -2.37. The molecule has 0 radical (unpaired) electrons. The summed E-state index contributed by atoms with van der Waals surface area (Å²) in [5.41, 5.74) is -2.61. The smallest absolute Gasteiger partial charge is 0.433 e. The van der Waals surface area contributed by atoms with Crippen molar-refractivity contribution in [2.75, 3.05) is 38.7 Å². The molecule has 2 aromatic heterocycles. The van der Waals surface area contributed by atoms with E-state index >= 15 is 0 Å². The number of hydrogen-bond acceptors (Lipinski definition) is 9. The number of halogens is 3. The molecule has 33 heavy (non-hydrogen) atoms. The van der Waals surface area contributed by atoms with Crippen molar-refractivity contribution < 1.29 is 37.0 Å². The number of hydrogen-bond donors (Lipinski definition) is 1. The predicted molar refractivity (Wildman–Crippen MR) is 104 cm³/mol. The van der Waals surface area contributed by atoms with Crippen molar-refractivity contribution in [3.8, 4) is 0 Å². The Morgan fingerprint density at radius 2 is 2.12 bits per heavy atom. The van der Waals surface area contributed by atoms with Gasteiger partial charge in [-0.15, -0.1) is 0 Å². The molecule has 2 aromatic rings. The molecule has 1 fully saturated rings. The molecule has 1 unspecified atom stereocenters. The molecule has 1 atom stereocenters. The van der Waals surface area contributed by atoms with Crippen LogP contribution in [0.15, 0.2) is 12.1 Å². The van der Waals surface area contributed by atoms with Gasteiger partial charge < -0.3 is 19.1 Å². The Balaban J connectivity index is 1.73. The van der Waals surface area contributed by atoms with Gasteiger partial charge in [0.15, 0.2) is 5.60 Å². The molecule has 0 saturated carbocycles. The van der Waals surface area contributed by atoms with Gasteiger partial charge >= 0.3 is 12.3 Å². The summed E-state index contributed by atoms with van der Waals surface area (Å²) in [5, 5.41) is 12.9. The van der Waals surface area contributed by atoms with Crippen molar-refractivity contribution in [3.63, 3.8) is 0 Å². The third-order valence-corrected chi connectivity index (χ3v) is 4.68. The van der Waals surface area contributed by atoms with Crippen molar-refractivity contribution in [1.82, 2.24) is 30.1 Å². The van der Waals surface area contributed by atoms with E-state index in [1.807, 2.05) is 0 Å². The number of alkyl halides is 3. The van der Waals surface area contributed by atoms with Crippen LogP contribution in [-0.4, -0.2) is 81.1 Å². The number of amides is 2. The quantitative estimate of drug-likeness (QED) is 0.571. The van der Waals surface area contributed by atoms with Crippen molar-refractivity contribution in [2.24, 2.45) is 7.05 Å². The zero-order valence-corrected chi connectivity index (χ0v) is 18.0. The minimum Gasteiger partial charge on any atom is -0.439 e. The van der Waals surface area contributed by atoms with Gasteiger partial charge in [0.2, 0.25) is 5.95 Å². The molecule has 12 nitrogen and oxygen atoms in total. The average Bonchev–Trinajstić information content (AvgIpc) is 3.27. The lowest BCUT2D eigenvalue weighted by molar-refractivity contribution is -0.141. The van der Waals surface area contributed by atoms with Crippen molar-refractivity contribution in [3.05, 3.63) is 29.1 Å². The van der Waals surface area contributed by atoms with E-state index in [1.165, 1.54) is 23.7 Å². The number of carbonyl (C=O) groups excluding carboxylic acids is 2. The van der Waals surface area contributed by atoms with E-state index in [-0.39, 0.29) is 30.4 Å². The Labute approximate surface area is 186 Å². The van der Waals surface area contributed by atoms with Crippen LogP contribution in [-0.2, 0) is 34.0 Å². The van der Waals surface area contributed by atoms with Gasteiger partial charge in [-0.1, -0.05) is 5.10 Å². The predicted octanol–water partition coefficient (Wildman–Crippen LogP) is 1.25. The summed E-state index contributed by atoms with van der Waals surface area (Å²) >= 11 is 0. The highest BCUT2D eigenvalue weighted by Crippen LogP contribution is 2.29. The Morgan fingerprint density at radius 3 is 2.76 bits per heavy atom. The van der Waals surface area contributed by atoms with Gasteiger partial charge in [-0.2, -0.15) is 13.2 Å². The molecule has 0 bridgehead atoms. The fourth-order valence-corrected chi connectivity index (χ4v) is 3.07. The number of tetrazole rings is 1. The highest BCUT2D eigenvalue weighted by atomic mass is 19.4. The number of anilines is 1. The van der Waals surface area contributed by atoms with E-state index in [0.29, 0.717) is 19.2 Å². The molecule has 0 aromatic carbocycles. The number of pyridine rings is 1. The molecular weight excluding hydrogens is 451 g/mol. The fourth-order valence-electron chi connectivity index (χ4n) is 3.07. The maximum atomic E-state index is 13.2. The molecule has 3 rings (SSSR count). The normalized spacial score (nSPS) is 18.5. The zero-order valence-electron chi connectivity index (χ0n) is 18.0. The summed E-state index contributed by atoms with van der Waals surface area (Å²) in [4.78, 5) is 29.6. The highest BCUT2D eigenvalue weighted by molar-refractivity contribution is 6.04. The van der Waals surface area contributed by atoms with Gasteiger partial charge in [0.1, 0.15) is 5.69 Å². The van der Waals surface area contributed by atoms with Crippen molar-refractivity contribution in [1.29, 1.82) is 0 Å². The number of aryl methyl sites for hydroxylation is 1. The molecule has 1 aliphatic rings. The van der Waals surface area contributed by atoms with Crippen LogP contribution >= 0.6 is 0 Å². The standard InChI is InChI=1S/C18H22F3N7O5/c1-17(9-28(6-7-31-3)16(30)33-17)10-32-8-12-11(4-5-13(22-12)18(19,20)21)14(29)23-15-24-25-26-27(15)2/h4-5H,6-10H2,1-3H3,(H,23,24,26,29). The Hall–Kier alpha value is -3.33. The van der Waals surface area contributed by atoms with E-state index in [1.54, 1.807) is 6.92 Å². The van der Waals surface area contributed by atoms with E-state index in [4.69, 9.17) is 14.2 Å². The SMILES string of the molecule is COCCN1CC(C)(COCc2nc(C(F)(F)F)ccc2C(=O)Nc2nnnn2C)OC1=O. The molecular formula is C18H22F3N7O5. The second kappa shape index (κ2) is 9.66. The van der Waals surface area contributed by atoms with Gasteiger partial charge in [0.25, 0.3) is 5.91 Å². The van der Waals surface area contributed by atoms with Crippen LogP contribution in [0, 0.1) is 0 Å². The van der Waals surface area contributed by atoms with Gasteiger partial charge in [0, 0.05) is 20.7 Å². The number of aromatic nitrogens is 5. The molecule has 3 heterocycles. The number of methoxy groups -OCH3 is 1. The first kappa shape index (κ1) is 24.3. The molecule has 1 N–H and O–H groups in total. The second-order valence-electron chi connectivity index (χ2n) is 7.49. The molecule has 15 heteroatoms. The van der Waals surface area contributed by atoms with Crippen LogP contribution in [0.25, 0.3) is 0 Å². The fraction of sp³-hybridized carbons (Fsp3) is 0.556. The minimum atomic E-state index is -4.72. The Kier molecular flexibility index (Phi) is 7.12. The second-order valence-corrected chi connectivity index (χ2v) is 7.49. The first-order chi connectivity index (χ1) is 15.5. The number of carbonyl (C=O) groups is 2. The van der Waals surface area contributed by atoms with Crippen LogP contribution in [0.3, 0.4) is 0 Å². The molecule has 1 saturated heterocycles. The number of cyclic esters (lactones) is 1. The summed E-state index contributed by atoms with van der Waals surface area (Å²) in [7, 11) is 2.98. The third kappa shape index (κ3) is 5.92. The average molecular weight is 473 g/mol. The van der Waals surface area contributed by atoms with Crippen molar-refractivity contribution >= 4 is 17.9 Å². The summed E-state index contributed by atoms with van der Waals surface area (Å²) in [6.07, 6.45) is -5.26. The minimum absolute atomic E-state index is 0.00621. The third-order valence-electron chi connectivity index (χ3n) is 4.68. The van der Waals surface area contributed by atoms with Crippen LogP contribution < -0.4 is 5.32 Å². The summed E-state index contributed by atoms with van der Waals surface area (Å²) in [6.45, 7) is 1.91. The van der Waals surface area contributed by atoms with Gasteiger partial charge in [-0.3, -0.25) is 10.1 Å². The van der Waals surface area contributed by atoms with E-state index in [9.17, 15) is 22.8 Å². The van der Waals surface area contributed by atoms with E-state index in [2.05, 4.69) is 25.8 Å². The molecule has 0 spiro atoms. The zero-order chi connectivity index (χ0) is 24.2. The van der Waals surface area contributed by atoms with Gasteiger partial charge in [-0.25, -0.2) is 14.5 Å². The first-order valence-electron chi connectivity index (χ1n) is 9.68. The van der Waals surface area contributed by atoms with Crippen LogP contribution in [0.2, 0.25) is 0 Å². The highest BCUT2D eigenvalue weighted by Gasteiger charge is 2.41. The lowest BCUT2D eigenvalue weighted by atomic mass is 10.1. The molecule has 180 valence electrons. The summed E-state index contributed by atoms with van der Waals surface area (Å²) in [6, 6.07) is 1.69. The van der Waals surface area contributed by atoms with Crippen LogP contribution in [0.5, 0.6) is 0 Å². The molecule has 1 aliphatic heterocycles. The maximum absolute atomic E-state index is 13.2. The maximum Gasteiger partial charge on any atom is 0.433 e. The monoisotopic (exact) mass is 473 g/mol. The Bertz CT molecular complexity index is 1020. The first-order valence-corrected chi connectivity index (χ1v) is 9.68. The number of rotatable bonds is 9. The van der Waals surface area contributed by atoms with Crippen LogP contribution in [0.1, 0.15) is 28.7 Å². The van der Waals surface area contributed by atoms with E-state index in [0.717, 1.165) is 6.07 Å². The van der Waals surface area contributed by atoms with Crippen molar-refractivity contribution in [2.45, 2.75) is 25.3 Å². The van der Waals surface area contributed by atoms with Crippen LogP contribution in [0.4, 0.5) is 23.9 Å².